The smallest absolute Gasteiger partial charge is 0.302 e. The van der Waals surface area contributed by atoms with Crippen LogP contribution in [0, 0.1) is 0 Å². The van der Waals surface area contributed by atoms with Gasteiger partial charge in [0.25, 0.3) is 0 Å². The minimum absolute atomic E-state index is 0. The molecule has 0 bridgehead atoms. The second-order valence-electron chi connectivity index (χ2n) is 6.75. The standard InChI is InChI=1S/C6H14O2Si.C6H14OSi.H2O/c1-8-6(7)5-9(2,3)4;1-6(7)5-8(2,3)4;/h5H2,1-4H3;5H2,1-4H3;1H2. The molecule has 0 saturated heterocycles. The first-order chi connectivity index (χ1) is 7.37. The monoisotopic (exact) mass is 294 g/mol. The maximum Gasteiger partial charge on any atom is 0.302 e. The maximum atomic E-state index is 10.6. The van der Waals surface area contributed by atoms with E-state index in [0.29, 0.717) is 11.8 Å². The van der Waals surface area contributed by atoms with E-state index >= 15 is 0 Å². The lowest BCUT2D eigenvalue weighted by Crippen LogP contribution is -2.24. The molecule has 0 atom stereocenters. The molecule has 4 nitrogen and oxygen atoms in total. The molecule has 0 heterocycles. The van der Waals surface area contributed by atoms with E-state index in [-0.39, 0.29) is 11.4 Å². The van der Waals surface area contributed by atoms with E-state index < -0.39 is 16.1 Å². The minimum Gasteiger partial charge on any atom is -0.469 e. The van der Waals surface area contributed by atoms with Crippen molar-refractivity contribution in [1.29, 1.82) is 0 Å². The molecular weight excluding hydrogens is 264 g/mol. The number of hydrogen-bond acceptors (Lipinski definition) is 3. The molecule has 0 aromatic rings. The Bertz CT molecular complexity index is 252. The zero-order valence-electron chi connectivity index (χ0n) is 13.1. The van der Waals surface area contributed by atoms with Crippen LogP contribution in [0.3, 0.4) is 0 Å². The second kappa shape index (κ2) is 9.46. The van der Waals surface area contributed by atoms with Gasteiger partial charge in [0.2, 0.25) is 0 Å². The Balaban J connectivity index is -0.000000238. The number of Topliss-reactive ketones (excluding diaryl/α,β-unsaturated/α-hetero) is 1. The highest BCUT2D eigenvalue weighted by Gasteiger charge is 2.17. The topological polar surface area (TPSA) is 74.9 Å². The Morgan fingerprint density at radius 1 is 0.889 bits per heavy atom. The Morgan fingerprint density at radius 2 is 1.22 bits per heavy atom. The molecule has 0 aliphatic carbocycles. The van der Waals surface area contributed by atoms with Crippen molar-refractivity contribution in [3.8, 4) is 0 Å². The van der Waals surface area contributed by atoms with Crippen LogP contribution in [0.15, 0.2) is 0 Å². The number of rotatable bonds is 4. The summed E-state index contributed by atoms with van der Waals surface area (Å²) in [5, 5.41) is 0. The molecule has 0 radical (unpaired) electrons. The minimum atomic E-state index is -1.22. The predicted octanol–water partition coefficient (Wildman–Crippen LogP) is 2.59. The Hall–Kier alpha value is -0.466. The van der Waals surface area contributed by atoms with Crippen molar-refractivity contribution in [2.45, 2.75) is 58.3 Å². The van der Waals surface area contributed by atoms with Gasteiger partial charge >= 0.3 is 5.97 Å². The van der Waals surface area contributed by atoms with Gasteiger partial charge in [0.1, 0.15) is 5.78 Å². The fourth-order valence-corrected chi connectivity index (χ4v) is 3.76. The highest BCUT2D eigenvalue weighted by Crippen LogP contribution is 2.08. The Morgan fingerprint density at radius 3 is 1.28 bits per heavy atom. The van der Waals surface area contributed by atoms with Gasteiger partial charge in [-0.3, -0.25) is 4.79 Å². The van der Waals surface area contributed by atoms with Gasteiger partial charge in [-0.15, -0.1) is 0 Å². The van der Waals surface area contributed by atoms with E-state index in [4.69, 9.17) is 0 Å². The fraction of sp³-hybridized carbons (Fsp3) is 0.833. The van der Waals surface area contributed by atoms with E-state index in [9.17, 15) is 9.59 Å². The lowest BCUT2D eigenvalue weighted by Gasteiger charge is -2.12. The van der Waals surface area contributed by atoms with Gasteiger partial charge in [-0.1, -0.05) is 39.3 Å². The van der Waals surface area contributed by atoms with Crippen molar-refractivity contribution in [3.05, 3.63) is 0 Å². The SMILES string of the molecule is CC(=O)C[Si](C)(C)C.COC(=O)C[Si](C)(C)C.O. The van der Waals surface area contributed by atoms with Gasteiger partial charge in [0.05, 0.1) is 23.3 Å². The van der Waals surface area contributed by atoms with Gasteiger partial charge in [-0.05, 0) is 6.92 Å². The molecule has 0 saturated carbocycles. The van der Waals surface area contributed by atoms with E-state index in [2.05, 4.69) is 44.0 Å². The summed E-state index contributed by atoms with van der Waals surface area (Å²) in [5.41, 5.74) is 0. The molecule has 0 fully saturated rings. The predicted molar refractivity (Wildman–Crippen MR) is 82.6 cm³/mol. The number of ether oxygens (including phenoxy) is 1. The first-order valence-electron chi connectivity index (χ1n) is 5.93. The van der Waals surface area contributed by atoms with Crippen molar-refractivity contribution in [2.75, 3.05) is 7.11 Å². The lowest BCUT2D eigenvalue weighted by atomic mass is 10.5. The van der Waals surface area contributed by atoms with Crippen LogP contribution in [0.4, 0.5) is 0 Å². The normalized spacial score (nSPS) is 10.7. The summed E-state index contributed by atoms with van der Waals surface area (Å²) < 4.78 is 4.52. The molecule has 18 heavy (non-hydrogen) atoms. The van der Waals surface area contributed by atoms with Gasteiger partial charge in [0.15, 0.2) is 0 Å². The molecule has 0 spiro atoms. The van der Waals surface area contributed by atoms with Crippen LogP contribution in [-0.4, -0.2) is 40.5 Å². The summed E-state index contributed by atoms with van der Waals surface area (Å²) in [5.74, 6) is 0.262. The third-order valence-electron chi connectivity index (χ3n) is 1.68. The zero-order chi connectivity index (χ0) is 14.3. The number of carbonyl (C=O) groups is 2. The van der Waals surface area contributed by atoms with Crippen LogP contribution < -0.4 is 0 Å². The molecule has 2 N–H and O–H groups in total. The van der Waals surface area contributed by atoms with Crippen molar-refractivity contribution in [3.63, 3.8) is 0 Å². The number of hydrogen-bond donors (Lipinski definition) is 0. The quantitative estimate of drug-likeness (QED) is 0.591. The first-order valence-corrected chi connectivity index (χ1v) is 13.3. The van der Waals surface area contributed by atoms with E-state index in [0.717, 1.165) is 6.04 Å². The maximum absolute atomic E-state index is 10.6. The Kier molecular flexibility index (Phi) is 11.9. The van der Waals surface area contributed by atoms with Crippen LogP contribution in [-0.2, 0) is 14.3 Å². The van der Waals surface area contributed by atoms with Crippen molar-refractivity contribution in [1.82, 2.24) is 0 Å². The van der Waals surface area contributed by atoms with Crippen molar-refractivity contribution >= 4 is 27.9 Å². The van der Waals surface area contributed by atoms with Crippen LogP contribution >= 0.6 is 0 Å². The molecule has 0 unspecified atom stereocenters. The summed E-state index contributed by atoms with van der Waals surface area (Å²) in [4.78, 5) is 21.1. The van der Waals surface area contributed by atoms with Crippen LogP contribution in [0.2, 0.25) is 51.4 Å². The van der Waals surface area contributed by atoms with E-state index in [1.807, 2.05) is 0 Å². The van der Waals surface area contributed by atoms with Crippen molar-refractivity contribution < 1.29 is 19.8 Å². The van der Waals surface area contributed by atoms with Gasteiger partial charge in [0, 0.05) is 12.1 Å². The average molecular weight is 295 g/mol. The second-order valence-corrected chi connectivity index (χ2v) is 17.7. The van der Waals surface area contributed by atoms with Gasteiger partial charge in [-0.25, -0.2) is 0 Å². The summed E-state index contributed by atoms with van der Waals surface area (Å²) in [6.45, 7) is 14.7. The summed E-state index contributed by atoms with van der Waals surface area (Å²) in [7, 11) is -0.853. The van der Waals surface area contributed by atoms with E-state index in [1.165, 1.54) is 7.11 Å². The zero-order valence-corrected chi connectivity index (χ0v) is 15.1. The number of esters is 1. The van der Waals surface area contributed by atoms with E-state index in [1.54, 1.807) is 6.92 Å². The molecule has 0 aliphatic heterocycles. The Labute approximate surface area is 113 Å². The highest BCUT2D eigenvalue weighted by atomic mass is 28.3. The number of methoxy groups -OCH3 is 1. The largest absolute Gasteiger partial charge is 0.469 e. The summed E-state index contributed by atoms with van der Waals surface area (Å²) in [6, 6.07) is 1.45. The average Bonchev–Trinajstić information content (AvgIpc) is 1.96. The fourth-order valence-electron chi connectivity index (χ4n) is 1.25. The molecule has 0 rings (SSSR count). The molecule has 0 aliphatic rings. The first kappa shape index (κ1) is 22.7. The molecular formula is C12H30O4Si2. The third kappa shape index (κ3) is 24.7. The third-order valence-corrected chi connectivity index (χ3v) is 4.59. The molecule has 6 heteroatoms. The summed E-state index contributed by atoms with van der Waals surface area (Å²) >= 11 is 0. The lowest BCUT2D eigenvalue weighted by molar-refractivity contribution is -0.138. The molecule has 0 amide bonds. The highest BCUT2D eigenvalue weighted by molar-refractivity contribution is 6.79. The molecule has 0 aromatic heterocycles. The molecule has 110 valence electrons. The number of carbonyl (C=O) groups excluding carboxylic acids is 2. The van der Waals surface area contributed by atoms with Crippen LogP contribution in [0.25, 0.3) is 0 Å². The van der Waals surface area contributed by atoms with Gasteiger partial charge in [-0.2, -0.15) is 0 Å². The number of ketones is 1. The van der Waals surface area contributed by atoms with Crippen LogP contribution in [0.5, 0.6) is 0 Å². The van der Waals surface area contributed by atoms with Crippen LogP contribution in [0.1, 0.15) is 6.92 Å². The van der Waals surface area contributed by atoms with Crippen molar-refractivity contribution in [2.24, 2.45) is 0 Å². The molecule has 0 aromatic carbocycles. The summed E-state index contributed by atoms with van der Waals surface area (Å²) in [6.07, 6.45) is 0. The van der Waals surface area contributed by atoms with Gasteiger partial charge < -0.3 is 15.0 Å².